The topological polar surface area (TPSA) is 24.7 Å². The van der Waals surface area contributed by atoms with Crippen LogP contribution in [0.15, 0.2) is 9.98 Å². The Hall–Kier alpha value is 1.56. The summed E-state index contributed by atoms with van der Waals surface area (Å²) in [5.41, 5.74) is 0.723. The van der Waals surface area contributed by atoms with Crippen LogP contribution in [0.5, 0.6) is 0 Å². The Bertz CT molecular complexity index is 450. The summed E-state index contributed by atoms with van der Waals surface area (Å²) < 4.78 is 0. The van der Waals surface area contributed by atoms with Crippen LogP contribution in [0.4, 0.5) is 0 Å². The molecule has 0 spiro atoms. The van der Waals surface area contributed by atoms with Crippen molar-refractivity contribution in [1.29, 1.82) is 0 Å². The molecule has 2 nitrogen and oxygen atoms in total. The molecule has 0 amide bonds. The minimum atomic E-state index is -2.24. The Morgan fingerprint density at radius 2 is 0.929 bits per heavy atom. The van der Waals surface area contributed by atoms with Gasteiger partial charge in [0.05, 0.1) is 12.1 Å². The fourth-order valence-corrected chi connectivity index (χ4v) is 4.90. The Labute approximate surface area is 195 Å². The van der Waals surface area contributed by atoms with Crippen LogP contribution in [0.3, 0.4) is 0 Å². The van der Waals surface area contributed by atoms with E-state index < -0.39 is 29.9 Å². The molecule has 0 saturated heterocycles. The maximum atomic E-state index is 5.02. The first-order valence-corrected chi connectivity index (χ1v) is 22.9. The van der Waals surface area contributed by atoms with Crippen molar-refractivity contribution < 1.29 is 29.9 Å². The third-order valence-corrected chi connectivity index (χ3v) is 6.31. The first kappa shape index (κ1) is 27.6. The van der Waals surface area contributed by atoms with Gasteiger partial charge in [0.25, 0.3) is 0 Å². The summed E-state index contributed by atoms with van der Waals surface area (Å²) in [4.78, 5) is 9.86. The predicted octanol–water partition coefficient (Wildman–Crippen LogP) is 8.41. The van der Waals surface area contributed by atoms with Crippen molar-refractivity contribution in [3.05, 3.63) is 0 Å². The number of hydrogen-bond acceptors (Lipinski definition) is 2. The fourth-order valence-electron chi connectivity index (χ4n) is 4.90. The van der Waals surface area contributed by atoms with Crippen molar-refractivity contribution in [2.24, 2.45) is 32.7 Å². The van der Waals surface area contributed by atoms with E-state index >= 15 is 0 Å². The van der Waals surface area contributed by atoms with Crippen molar-refractivity contribution in [3.63, 3.8) is 0 Å². The zero-order valence-electron chi connectivity index (χ0n) is 18.6. The molecule has 2 aliphatic rings. The Morgan fingerprint density at radius 3 is 1.21 bits per heavy atom. The summed E-state index contributed by atoms with van der Waals surface area (Å²) in [5, 5.41) is 0. The van der Waals surface area contributed by atoms with E-state index in [9.17, 15) is 0 Å². The average Bonchev–Trinajstić information content (AvgIpc) is 2.57. The molecular weight excluding hydrogens is 543 g/mol. The van der Waals surface area contributed by atoms with Crippen molar-refractivity contribution in [2.45, 2.75) is 105 Å². The van der Waals surface area contributed by atoms with Crippen molar-refractivity contribution in [2.75, 3.05) is 0 Å². The summed E-state index contributed by atoms with van der Waals surface area (Å²) in [5.74, 6) is 16.5. The van der Waals surface area contributed by atoms with Gasteiger partial charge in [-0.05, 0) is 48.3 Å². The third kappa shape index (κ3) is 10.7. The van der Waals surface area contributed by atoms with Gasteiger partial charge in [-0.3, -0.25) is 9.98 Å². The standard InChI is InChI=1S/C22H40N2.3ClH.Nd/c1-21(2,3)17-11-7-9-13-19(17)23-15-16-24-20-14-10-8-12-18(20)22(4,5)6;;;;/h15-20H,7-14H2,1-6H3;3*1H;/q;;;;+3/p-3. The summed E-state index contributed by atoms with van der Waals surface area (Å²) in [6, 6.07) is 0.991. The monoisotopic (exact) mass is 579 g/mol. The molecular formula is C22H40Cl3N2Nd. The first-order chi connectivity index (χ1) is 12.9. The zero-order valence-corrected chi connectivity index (χ0v) is 24.1. The first-order valence-electron chi connectivity index (χ1n) is 10.8. The van der Waals surface area contributed by atoms with Crippen molar-refractivity contribution in [3.8, 4) is 0 Å². The molecule has 0 bridgehead atoms. The van der Waals surface area contributed by atoms with E-state index in [-0.39, 0.29) is 0 Å². The van der Waals surface area contributed by atoms with E-state index in [1.807, 2.05) is 12.4 Å². The molecule has 4 unspecified atom stereocenters. The number of aliphatic imine (C=N–C) groups is 2. The third-order valence-electron chi connectivity index (χ3n) is 6.31. The minimum absolute atomic E-state index is 0.361. The predicted molar refractivity (Wildman–Crippen MR) is 125 cm³/mol. The molecule has 0 N–H and O–H groups in total. The van der Waals surface area contributed by atoms with Gasteiger partial charge in [-0.15, -0.1) is 0 Å². The molecule has 2 aliphatic carbocycles. The zero-order chi connectivity index (χ0) is 21.4. The van der Waals surface area contributed by atoms with Gasteiger partial charge in [0.15, 0.2) is 0 Å². The van der Waals surface area contributed by atoms with Gasteiger partial charge in [0.2, 0.25) is 0 Å². The van der Waals surface area contributed by atoms with Gasteiger partial charge < -0.3 is 0 Å². The fraction of sp³-hybridized carbons (Fsp3) is 0.909. The van der Waals surface area contributed by atoms with Crippen LogP contribution >= 0.6 is 17.4 Å². The normalized spacial score (nSPS) is 29.6. The van der Waals surface area contributed by atoms with E-state index in [0.717, 1.165) is 0 Å². The maximum absolute atomic E-state index is 5.02. The Kier molecular flexibility index (Phi) is 13.0. The van der Waals surface area contributed by atoms with Gasteiger partial charge in [-0.25, -0.2) is 0 Å². The Balaban J connectivity index is 0.000000892. The molecule has 0 aromatic heterocycles. The van der Waals surface area contributed by atoms with E-state index in [1.165, 1.54) is 51.4 Å². The van der Waals surface area contributed by atoms with E-state index in [1.54, 1.807) is 0 Å². The second-order valence-corrected chi connectivity index (χ2v) is 24.5. The van der Waals surface area contributed by atoms with Crippen LogP contribution in [0.1, 0.15) is 92.9 Å². The van der Waals surface area contributed by atoms with Crippen LogP contribution in [-0.4, -0.2) is 24.5 Å². The number of hydrogen-bond donors (Lipinski definition) is 0. The Morgan fingerprint density at radius 1 is 0.643 bits per heavy atom. The van der Waals surface area contributed by atoms with Crippen molar-refractivity contribution in [1.82, 2.24) is 0 Å². The van der Waals surface area contributed by atoms with Gasteiger partial charge in [0, 0.05) is 12.4 Å². The molecule has 163 valence electrons. The number of halogens is 3. The molecule has 28 heavy (non-hydrogen) atoms. The molecule has 2 rings (SSSR count). The molecule has 2 saturated carbocycles. The van der Waals surface area contributed by atoms with Crippen LogP contribution in [0.2, 0.25) is 0 Å². The van der Waals surface area contributed by atoms with E-state index in [4.69, 9.17) is 27.4 Å². The van der Waals surface area contributed by atoms with Crippen molar-refractivity contribution >= 4 is 29.8 Å². The average molecular weight is 583 g/mol. The molecule has 0 aromatic rings. The summed E-state index contributed by atoms with van der Waals surface area (Å²) in [7, 11) is 0. The molecule has 0 aromatic carbocycles. The number of rotatable bonds is 3. The van der Waals surface area contributed by atoms with Crippen LogP contribution in [0, 0.1) is 52.6 Å². The second-order valence-electron chi connectivity index (χ2n) is 10.5. The molecule has 0 heterocycles. The molecule has 4 atom stereocenters. The van der Waals surface area contributed by atoms with Gasteiger partial charge in [0.1, 0.15) is 0 Å². The number of nitrogens with zero attached hydrogens (tertiary/aromatic N) is 2. The summed E-state index contributed by atoms with van der Waals surface area (Å²) >= 11 is -2.24. The summed E-state index contributed by atoms with van der Waals surface area (Å²) in [6.07, 6.45) is 14.6. The van der Waals surface area contributed by atoms with Crippen LogP contribution in [-0.2, 0) is 0 Å². The van der Waals surface area contributed by atoms with Crippen LogP contribution in [0.25, 0.3) is 0 Å². The molecule has 6 heteroatoms. The van der Waals surface area contributed by atoms with Gasteiger partial charge in [-0.1, -0.05) is 67.2 Å². The van der Waals surface area contributed by atoms with Crippen LogP contribution < -0.4 is 0 Å². The molecule has 2 fully saturated rings. The van der Waals surface area contributed by atoms with Gasteiger partial charge >= 0.3 is 47.3 Å². The molecule has 0 radical (unpaired) electrons. The quantitative estimate of drug-likeness (QED) is 0.298. The SMILES string of the molecule is CC(C)(C)C1CCCCC1N=CC=NC1CCCCC1C(C)(C)C.[Cl][Nd]([Cl])[Cl]. The van der Waals surface area contributed by atoms with Gasteiger partial charge in [-0.2, -0.15) is 0 Å². The second kappa shape index (κ2) is 13.2. The van der Waals surface area contributed by atoms with E-state index in [2.05, 4.69) is 41.5 Å². The molecule has 0 aliphatic heterocycles. The van der Waals surface area contributed by atoms with E-state index in [0.29, 0.717) is 34.7 Å². The summed E-state index contributed by atoms with van der Waals surface area (Å²) in [6.45, 7) is 14.2.